The number of benzene rings is 2. The van der Waals surface area contributed by atoms with E-state index in [0.29, 0.717) is 6.04 Å². The fourth-order valence-electron chi connectivity index (χ4n) is 2.11. The van der Waals surface area contributed by atoms with Gasteiger partial charge in [0.1, 0.15) is 11.5 Å². The Bertz CT molecular complexity index is 573. The van der Waals surface area contributed by atoms with Crippen molar-refractivity contribution >= 4 is 0 Å². The van der Waals surface area contributed by atoms with Crippen molar-refractivity contribution in [2.75, 3.05) is 0 Å². The number of ether oxygens (including phenoxy) is 1. The summed E-state index contributed by atoms with van der Waals surface area (Å²) in [5.74, 6) is 1.83. The first kappa shape index (κ1) is 15.6. The molecule has 0 aromatic heterocycles. The van der Waals surface area contributed by atoms with Gasteiger partial charge in [-0.1, -0.05) is 45.0 Å². The molecule has 0 saturated heterocycles. The second kappa shape index (κ2) is 7.28. The zero-order valence-electron chi connectivity index (χ0n) is 13.4. The molecule has 0 spiro atoms. The summed E-state index contributed by atoms with van der Waals surface area (Å²) in [5.41, 5.74) is 3.73. The zero-order valence-corrected chi connectivity index (χ0v) is 13.4. The first-order valence-corrected chi connectivity index (χ1v) is 7.68. The molecule has 0 atom stereocenters. The summed E-state index contributed by atoms with van der Waals surface area (Å²) in [6.45, 7) is 9.41. The van der Waals surface area contributed by atoms with Crippen LogP contribution in [0.3, 0.4) is 0 Å². The lowest BCUT2D eigenvalue weighted by Gasteiger charge is -2.13. The first-order chi connectivity index (χ1) is 10.1. The predicted octanol–water partition coefficient (Wildman–Crippen LogP) is 4.85. The van der Waals surface area contributed by atoms with Crippen molar-refractivity contribution in [2.24, 2.45) is 0 Å². The van der Waals surface area contributed by atoms with Crippen LogP contribution in [-0.2, 0) is 13.0 Å². The summed E-state index contributed by atoms with van der Waals surface area (Å²) in [6, 6.07) is 15.2. The van der Waals surface area contributed by atoms with E-state index in [4.69, 9.17) is 4.74 Å². The monoisotopic (exact) mass is 283 g/mol. The lowest BCUT2D eigenvalue weighted by Crippen LogP contribution is -2.21. The third-order valence-corrected chi connectivity index (χ3v) is 3.53. The lowest BCUT2D eigenvalue weighted by atomic mass is 10.1. The quantitative estimate of drug-likeness (QED) is 0.818. The summed E-state index contributed by atoms with van der Waals surface area (Å²) in [4.78, 5) is 0. The van der Waals surface area contributed by atoms with Crippen LogP contribution in [0.2, 0.25) is 0 Å². The first-order valence-electron chi connectivity index (χ1n) is 7.68. The van der Waals surface area contributed by atoms with Gasteiger partial charge in [0.05, 0.1) is 0 Å². The maximum absolute atomic E-state index is 6.03. The molecule has 0 aliphatic carbocycles. The van der Waals surface area contributed by atoms with Crippen LogP contribution in [0.4, 0.5) is 0 Å². The van der Waals surface area contributed by atoms with E-state index in [2.05, 4.69) is 63.3 Å². The van der Waals surface area contributed by atoms with Crippen molar-refractivity contribution in [2.45, 2.75) is 46.7 Å². The fraction of sp³-hybridized carbons (Fsp3) is 0.368. The van der Waals surface area contributed by atoms with Crippen molar-refractivity contribution in [1.29, 1.82) is 0 Å². The van der Waals surface area contributed by atoms with E-state index < -0.39 is 0 Å². The molecule has 0 radical (unpaired) electrons. The third kappa shape index (κ3) is 4.61. The molecule has 0 fully saturated rings. The van der Waals surface area contributed by atoms with Crippen molar-refractivity contribution < 1.29 is 4.74 Å². The van der Waals surface area contributed by atoms with Gasteiger partial charge in [-0.15, -0.1) is 0 Å². The highest BCUT2D eigenvalue weighted by atomic mass is 16.5. The molecule has 2 heteroatoms. The Kier molecular flexibility index (Phi) is 5.40. The summed E-state index contributed by atoms with van der Waals surface area (Å²) in [7, 11) is 0. The van der Waals surface area contributed by atoms with Gasteiger partial charge in [-0.05, 0) is 48.2 Å². The number of rotatable bonds is 6. The largest absolute Gasteiger partial charge is 0.457 e. The molecule has 1 N–H and O–H groups in total. The van der Waals surface area contributed by atoms with Gasteiger partial charge in [0, 0.05) is 12.6 Å². The minimum absolute atomic E-state index is 0.484. The van der Waals surface area contributed by atoms with Gasteiger partial charge in [0.2, 0.25) is 0 Å². The van der Waals surface area contributed by atoms with Gasteiger partial charge in [0.15, 0.2) is 0 Å². The average Bonchev–Trinajstić information content (AvgIpc) is 2.48. The molecule has 0 aliphatic heterocycles. The van der Waals surface area contributed by atoms with E-state index >= 15 is 0 Å². The van der Waals surface area contributed by atoms with Gasteiger partial charge in [-0.2, -0.15) is 0 Å². The van der Waals surface area contributed by atoms with Crippen LogP contribution in [-0.4, -0.2) is 6.04 Å². The highest BCUT2D eigenvalue weighted by molar-refractivity contribution is 5.40. The molecular formula is C19H25NO. The second-order valence-electron chi connectivity index (χ2n) is 5.74. The average molecular weight is 283 g/mol. The van der Waals surface area contributed by atoms with E-state index in [1.54, 1.807) is 0 Å². The van der Waals surface area contributed by atoms with Crippen LogP contribution in [0.1, 0.15) is 37.5 Å². The molecule has 0 amide bonds. The topological polar surface area (TPSA) is 21.3 Å². The minimum Gasteiger partial charge on any atom is -0.457 e. The van der Waals surface area contributed by atoms with E-state index in [0.717, 1.165) is 30.0 Å². The Hall–Kier alpha value is -1.80. The third-order valence-electron chi connectivity index (χ3n) is 3.53. The molecule has 0 aliphatic rings. The Morgan fingerprint density at radius 2 is 1.67 bits per heavy atom. The molecule has 2 rings (SSSR count). The number of nitrogens with one attached hydrogen (secondary N) is 1. The Morgan fingerprint density at radius 1 is 1.00 bits per heavy atom. The van der Waals surface area contributed by atoms with Crippen LogP contribution in [0.5, 0.6) is 11.5 Å². The number of aryl methyl sites for hydroxylation is 2. The maximum atomic E-state index is 6.03. The molecule has 2 nitrogen and oxygen atoms in total. The lowest BCUT2D eigenvalue weighted by molar-refractivity contribution is 0.477. The van der Waals surface area contributed by atoms with E-state index in [-0.39, 0.29) is 0 Å². The Labute approximate surface area is 128 Å². The van der Waals surface area contributed by atoms with Crippen LogP contribution < -0.4 is 10.1 Å². The van der Waals surface area contributed by atoms with Gasteiger partial charge in [-0.25, -0.2) is 0 Å². The molecule has 2 aromatic rings. The Balaban J connectivity index is 2.12. The van der Waals surface area contributed by atoms with Crippen molar-refractivity contribution in [3.8, 4) is 11.5 Å². The van der Waals surface area contributed by atoms with E-state index in [1.165, 1.54) is 11.1 Å². The van der Waals surface area contributed by atoms with Crippen LogP contribution in [0, 0.1) is 6.92 Å². The van der Waals surface area contributed by atoms with E-state index in [9.17, 15) is 0 Å². The molecule has 2 aromatic carbocycles. The SMILES string of the molecule is CCc1ccc(Oc2cc(CNC(C)C)ccc2C)cc1. The van der Waals surface area contributed by atoms with Crippen LogP contribution >= 0.6 is 0 Å². The molecule has 0 heterocycles. The smallest absolute Gasteiger partial charge is 0.130 e. The highest BCUT2D eigenvalue weighted by Crippen LogP contribution is 2.26. The summed E-state index contributed by atoms with van der Waals surface area (Å²) in [5, 5.41) is 3.43. The minimum atomic E-state index is 0.484. The highest BCUT2D eigenvalue weighted by Gasteiger charge is 2.04. The van der Waals surface area contributed by atoms with Crippen molar-refractivity contribution in [3.05, 3.63) is 59.2 Å². The predicted molar refractivity (Wildman–Crippen MR) is 89.0 cm³/mol. The van der Waals surface area contributed by atoms with Crippen molar-refractivity contribution in [1.82, 2.24) is 5.32 Å². The van der Waals surface area contributed by atoms with Crippen LogP contribution in [0.25, 0.3) is 0 Å². The summed E-state index contributed by atoms with van der Waals surface area (Å²) >= 11 is 0. The zero-order chi connectivity index (χ0) is 15.2. The normalized spacial score (nSPS) is 10.9. The van der Waals surface area contributed by atoms with Gasteiger partial charge >= 0.3 is 0 Å². The molecule has 21 heavy (non-hydrogen) atoms. The van der Waals surface area contributed by atoms with Crippen LogP contribution in [0.15, 0.2) is 42.5 Å². The van der Waals surface area contributed by atoms with Crippen molar-refractivity contribution in [3.63, 3.8) is 0 Å². The summed E-state index contributed by atoms with van der Waals surface area (Å²) in [6.07, 6.45) is 1.05. The molecule has 0 bridgehead atoms. The maximum Gasteiger partial charge on any atom is 0.130 e. The molecule has 0 saturated carbocycles. The second-order valence-corrected chi connectivity index (χ2v) is 5.74. The van der Waals surface area contributed by atoms with Gasteiger partial charge < -0.3 is 10.1 Å². The molecule has 112 valence electrons. The van der Waals surface area contributed by atoms with Gasteiger partial charge in [0.25, 0.3) is 0 Å². The van der Waals surface area contributed by atoms with E-state index in [1.807, 2.05) is 12.1 Å². The summed E-state index contributed by atoms with van der Waals surface area (Å²) < 4.78 is 6.03. The molecule has 0 unspecified atom stereocenters. The number of hydrogen-bond acceptors (Lipinski definition) is 2. The fourth-order valence-corrected chi connectivity index (χ4v) is 2.11. The standard InChI is InChI=1S/C19H25NO/c1-5-16-8-10-18(11-9-16)21-19-12-17(7-6-15(19)4)13-20-14(2)3/h6-12,14,20H,5,13H2,1-4H3. The number of hydrogen-bond donors (Lipinski definition) is 1. The van der Waals surface area contributed by atoms with Gasteiger partial charge in [-0.3, -0.25) is 0 Å². The Morgan fingerprint density at radius 3 is 2.29 bits per heavy atom. The molecular weight excluding hydrogens is 258 g/mol.